The predicted molar refractivity (Wildman–Crippen MR) is 80.0 cm³/mol. The minimum Gasteiger partial charge on any atom is -0.660 e. The Morgan fingerprint density at radius 3 is 1.86 bits per heavy atom. The standard InChI is InChI=1S/C17H17N3O/c18-17-13-20(19-21-17)16(11-14-7-3-1-4-8-14)12-15-9-5-2-6-10-15/h1-10,13,16,18H,11-12H2. The van der Waals surface area contributed by atoms with Gasteiger partial charge in [-0.3, -0.25) is 0 Å². The molecule has 0 radical (unpaired) electrons. The third-order valence-corrected chi connectivity index (χ3v) is 3.49. The zero-order valence-corrected chi connectivity index (χ0v) is 11.6. The summed E-state index contributed by atoms with van der Waals surface area (Å²) in [7, 11) is 0. The number of hydrogen-bond donors (Lipinski definition) is 0. The molecule has 4 nitrogen and oxygen atoms in total. The van der Waals surface area contributed by atoms with E-state index in [1.54, 1.807) is 10.9 Å². The first-order valence-corrected chi connectivity index (χ1v) is 6.99. The molecule has 0 amide bonds. The smallest absolute Gasteiger partial charge is 0.222 e. The molecule has 0 saturated heterocycles. The van der Waals surface area contributed by atoms with Gasteiger partial charge in [0.25, 0.3) is 0 Å². The largest absolute Gasteiger partial charge is 0.660 e. The van der Waals surface area contributed by atoms with Gasteiger partial charge in [0.1, 0.15) is 5.88 Å². The van der Waals surface area contributed by atoms with Crippen LogP contribution in [-0.4, -0.2) is 5.27 Å². The Hall–Kier alpha value is -2.62. The first-order valence-electron chi connectivity index (χ1n) is 6.99. The van der Waals surface area contributed by atoms with Crippen molar-refractivity contribution in [2.75, 3.05) is 0 Å². The molecule has 2 aromatic carbocycles. The van der Waals surface area contributed by atoms with Crippen LogP contribution < -0.4 is 4.68 Å². The Bertz CT molecular complexity index is 638. The van der Waals surface area contributed by atoms with E-state index in [2.05, 4.69) is 29.5 Å². The van der Waals surface area contributed by atoms with E-state index in [4.69, 9.17) is 10.3 Å². The minimum atomic E-state index is 0.0844. The molecule has 4 heteroatoms. The average molecular weight is 279 g/mol. The van der Waals surface area contributed by atoms with Crippen molar-refractivity contribution in [1.82, 2.24) is 5.27 Å². The lowest BCUT2D eigenvalue weighted by molar-refractivity contribution is -0.784. The van der Waals surface area contributed by atoms with Gasteiger partial charge in [0.05, 0.1) is 0 Å². The van der Waals surface area contributed by atoms with Crippen molar-refractivity contribution < 1.29 is 9.20 Å². The molecule has 0 aliphatic rings. The molecule has 0 atom stereocenters. The van der Waals surface area contributed by atoms with Crippen LogP contribution in [-0.2, 0) is 12.8 Å². The Kier molecular flexibility index (Phi) is 3.96. The fourth-order valence-electron chi connectivity index (χ4n) is 2.46. The van der Waals surface area contributed by atoms with Gasteiger partial charge in [-0.2, -0.15) is 0 Å². The summed E-state index contributed by atoms with van der Waals surface area (Å²) in [5.74, 6) is 0.0844. The summed E-state index contributed by atoms with van der Waals surface area (Å²) in [6.07, 6.45) is 3.34. The molecule has 106 valence electrons. The highest BCUT2D eigenvalue weighted by molar-refractivity contribution is 5.20. The number of rotatable bonds is 5. The molecule has 0 unspecified atom stereocenters. The average Bonchev–Trinajstić information content (AvgIpc) is 2.95. The zero-order valence-electron chi connectivity index (χ0n) is 11.6. The molecule has 3 rings (SSSR count). The van der Waals surface area contributed by atoms with Crippen LogP contribution in [0.15, 0.2) is 71.4 Å². The number of hydrogen-bond acceptors (Lipinski definition) is 2. The molecule has 0 aliphatic heterocycles. The third kappa shape index (κ3) is 3.48. The molecular weight excluding hydrogens is 262 g/mol. The monoisotopic (exact) mass is 279 g/mol. The van der Waals surface area contributed by atoms with Crippen LogP contribution in [0.25, 0.3) is 5.73 Å². The van der Waals surface area contributed by atoms with Gasteiger partial charge in [-0.25, -0.2) is 0 Å². The Balaban J connectivity index is 1.84. The molecule has 0 aliphatic carbocycles. The van der Waals surface area contributed by atoms with Gasteiger partial charge >= 0.3 is 0 Å². The van der Waals surface area contributed by atoms with Crippen molar-refractivity contribution in [3.05, 3.63) is 83.7 Å². The lowest BCUT2D eigenvalue weighted by Gasteiger charge is -2.09. The van der Waals surface area contributed by atoms with Gasteiger partial charge in [0.15, 0.2) is 11.3 Å². The van der Waals surface area contributed by atoms with Crippen LogP contribution in [0, 0.1) is 0 Å². The van der Waals surface area contributed by atoms with Crippen LogP contribution >= 0.6 is 0 Å². The first-order chi connectivity index (χ1) is 10.3. The predicted octanol–water partition coefficient (Wildman–Crippen LogP) is 3.67. The number of aromatic nitrogens is 2. The summed E-state index contributed by atoms with van der Waals surface area (Å²) in [5, 5.41) is 3.96. The summed E-state index contributed by atoms with van der Waals surface area (Å²) in [6, 6.07) is 20.8. The number of nitrogens with zero attached hydrogens (tertiary/aromatic N) is 2. The van der Waals surface area contributed by atoms with Crippen LogP contribution in [0.2, 0.25) is 0 Å². The van der Waals surface area contributed by atoms with Crippen molar-refractivity contribution in [3.63, 3.8) is 0 Å². The molecule has 0 fully saturated rings. The summed E-state index contributed by atoms with van der Waals surface area (Å²) < 4.78 is 6.65. The molecule has 1 N–H and O–H groups in total. The number of nitrogens with one attached hydrogen (secondary N) is 1. The van der Waals surface area contributed by atoms with E-state index in [1.165, 1.54) is 11.1 Å². The van der Waals surface area contributed by atoms with Gasteiger partial charge in [-0.1, -0.05) is 65.3 Å². The quantitative estimate of drug-likeness (QED) is 0.669. The molecule has 3 aromatic rings. The van der Waals surface area contributed by atoms with Crippen LogP contribution in [0.4, 0.5) is 5.88 Å². The molecular formula is C17H17N3O. The second kappa shape index (κ2) is 6.22. The number of benzene rings is 2. The molecule has 0 saturated carbocycles. The van der Waals surface area contributed by atoms with Crippen molar-refractivity contribution >= 4 is 5.88 Å². The maximum atomic E-state index is 7.52. The van der Waals surface area contributed by atoms with Crippen LogP contribution in [0.3, 0.4) is 0 Å². The summed E-state index contributed by atoms with van der Waals surface area (Å²) in [4.78, 5) is 0. The molecule has 1 aromatic heterocycles. The van der Waals surface area contributed by atoms with Crippen molar-refractivity contribution in [3.8, 4) is 0 Å². The van der Waals surface area contributed by atoms with E-state index >= 15 is 0 Å². The van der Waals surface area contributed by atoms with Gasteiger partial charge in [-0.05, 0) is 11.1 Å². The normalized spacial score (nSPS) is 10.9. The van der Waals surface area contributed by atoms with Crippen LogP contribution in [0.5, 0.6) is 0 Å². The topological polar surface area (TPSA) is 53.7 Å². The van der Waals surface area contributed by atoms with Gasteiger partial charge in [-0.15, -0.1) is 0 Å². The van der Waals surface area contributed by atoms with E-state index in [0.717, 1.165) is 12.8 Å². The third-order valence-electron chi connectivity index (χ3n) is 3.49. The van der Waals surface area contributed by atoms with E-state index in [9.17, 15) is 0 Å². The van der Waals surface area contributed by atoms with Gasteiger partial charge < -0.3 is 10.3 Å². The summed E-state index contributed by atoms with van der Waals surface area (Å²) in [5.41, 5.74) is 10.0. The van der Waals surface area contributed by atoms with Gasteiger partial charge in [0, 0.05) is 12.8 Å². The fourth-order valence-corrected chi connectivity index (χ4v) is 2.46. The molecule has 1 heterocycles. The summed E-state index contributed by atoms with van der Waals surface area (Å²) >= 11 is 0. The Morgan fingerprint density at radius 1 is 0.905 bits per heavy atom. The summed E-state index contributed by atoms with van der Waals surface area (Å²) in [6.45, 7) is 0. The second-order valence-electron chi connectivity index (χ2n) is 5.08. The van der Waals surface area contributed by atoms with Crippen molar-refractivity contribution in [2.24, 2.45) is 0 Å². The highest BCUT2D eigenvalue weighted by Crippen LogP contribution is 2.16. The van der Waals surface area contributed by atoms with E-state index < -0.39 is 0 Å². The second-order valence-corrected chi connectivity index (χ2v) is 5.08. The Morgan fingerprint density at radius 2 is 1.43 bits per heavy atom. The fraction of sp³-hybridized carbons (Fsp3) is 0.176. The SMILES string of the molecule is [NH-]c1c[n+](C(Cc2ccccc2)Cc2ccccc2)no1. The van der Waals surface area contributed by atoms with E-state index in [0.29, 0.717) is 0 Å². The van der Waals surface area contributed by atoms with Gasteiger partial charge in [0.2, 0.25) is 6.20 Å². The highest BCUT2D eigenvalue weighted by Gasteiger charge is 2.23. The molecule has 0 bridgehead atoms. The van der Waals surface area contributed by atoms with E-state index in [-0.39, 0.29) is 11.9 Å². The van der Waals surface area contributed by atoms with Crippen molar-refractivity contribution in [1.29, 1.82) is 0 Å². The maximum absolute atomic E-state index is 7.52. The van der Waals surface area contributed by atoms with Crippen LogP contribution in [0.1, 0.15) is 17.2 Å². The first kappa shape index (κ1) is 13.4. The Labute approximate surface area is 123 Å². The lowest BCUT2D eigenvalue weighted by atomic mass is 9.99. The molecule has 0 spiro atoms. The highest BCUT2D eigenvalue weighted by atomic mass is 16.5. The van der Waals surface area contributed by atoms with Crippen molar-refractivity contribution in [2.45, 2.75) is 18.9 Å². The molecule has 21 heavy (non-hydrogen) atoms. The zero-order chi connectivity index (χ0) is 14.5. The minimum absolute atomic E-state index is 0.0844. The lowest BCUT2D eigenvalue weighted by Crippen LogP contribution is -2.43. The van der Waals surface area contributed by atoms with E-state index in [1.807, 2.05) is 36.4 Å². The maximum Gasteiger partial charge on any atom is 0.222 e.